The van der Waals surface area contributed by atoms with E-state index in [1.807, 2.05) is 13.8 Å². The van der Waals surface area contributed by atoms with Crippen LogP contribution in [-0.2, 0) is 18.9 Å². The van der Waals surface area contributed by atoms with Crippen molar-refractivity contribution in [3.05, 3.63) is 0 Å². The summed E-state index contributed by atoms with van der Waals surface area (Å²) in [4.78, 5) is 0. The molecular formula is C10H22O4P2. The molecule has 1 aliphatic heterocycles. The van der Waals surface area contributed by atoms with Gasteiger partial charge in [0.05, 0.1) is 12.2 Å². The van der Waals surface area contributed by atoms with E-state index in [1.54, 1.807) is 14.2 Å². The summed E-state index contributed by atoms with van der Waals surface area (Å²) in [5.74, 6) is -1.78. The van der Waals surface area contributed by atoms with Crippen LogP contribution in [0, 0.1) is 0 Å². The van der Waals surface area contributed by atoms with Crippen LogP contribution >= 0.6 is 18.5 Å². The maximum atomic E-state index is 5.98. The van der Waals surface area contributed by atoms with Gasteiger partial charge in [0.2, 0.25) is 11.6 Å². The summed E-state index contributed by atoms with van der Waals surface area (Å²) in [6, 6.07) is 0. The van der Waals surface area contributed by atoms with Gasteiger partial charge in [0.15, 0.2) is 0 Å². The van der Waals surface area contributed by atoms with Crippen LogP contribution in [0.1, 0.15) is 13.8 Å². The first-order chi connectivity index (χ1) is 7.46. The van der Waals surface area contributed by atoms with E-state index >= 15 is 0 Å². The van der Waals surface area contributed by atoms with E-state index in [9.17, 15) is 0 Å². The normalized spacial score (nSPS) is 44.6. The van der Waals surface area contributed by atoms with Crippen LogP contribution in [0.15, 0.2) is 0 Å². The Kier molecular flexibility index (Phi) is 5.13. The zero-order chi connectivity index (χ0) is 12.4. The molecule has 96 valence electrons. The van der Waals surface area contributed by atoms with Crippen LogP contribution < -0.4 is 0 Å². The molecule has 4 unspecified atom stereocenters. The van der Waals surface area contributed by atoms with Crippen LogP contribution in [0.4, 0.5) is 0 Å². The van der Waals surface area contributed by atoms with Gasteiger partial charge >= 0.3 is 0 Å². The third-order valence-electron chi connectivity index (χ3n) is 3.24. The zero-order valence-electron chi connectivity index (χ0n) is 10.4. The molecule has 6 atom stereocenters. The standard InChI is InChI=1S/C10H22O4P2/c1-9(11-3)10(2,12-4)14-8(6-16)7(5-15)13-9/h7-8H,5-6,15-16H2,1-4H3/t7-,8?,9+,10?/m0/s1. The van der Waals surface area contributed by atoms with Gasteiger partial charge in [-0.3, -0.25) is 0 Å². The summed E-state index contributed by atoms with van der Waals surface area (Å²) in [5.41, 5.74) is 0. The molecule has 1 aliphatic rings. The molecule has 0 amide bonds. The molecule has 0 aromatic carbocycles. The lowest BCUT2D eigenvalue weighted by atomic mass is 10.0. The van der Waals surface area contributed by atoms with Crippen LogP contribution in [0.5, 0.6) is 0 Å². The molecule has 0 N–H and O–H groups in total. The Balaban J connectivity index is 2.94. The fourth-order valence-electron chi connectivity index (χ4n) is 1.81. The van der Waals surface area contributed by atoms with Gasteiger partial charge in [0.25, 0.3) is 0 Å². The highest BCUT2D eigenvalue weighted by Gasteiger charge is 2.55. The fraction of sp³-hybridized carbons (Fsp3) is 1.00. The number of rotatable bonds is 4. The molecule has 16 heavy (non-hydrogen) atoms. The topological polar surface area (TPSA) is 36.9 Å². The highest BCUT2D eigenvalue weighted by molar-refractivity contribution is 7.17. The Bertz CT molecular complexity index is 217. The molecular weight excluding hydrogens is 246 g/mol. The molecule has 1 saturated heterocycles. The summed E-state index contributed by atoms with van der Waals surface area (Å²) in [7, 11) is 8.55. The summed E-state index contributed by atoms with van der Waals surface area (Å²) in [5, 5.41) is 0. The number of hydrogen-bond donors (Lipinski definition) is 0. The minimum atomic E-state index is -0.890. The molecule has 0 saturated carbocycles. The first-order valence-electron chi connectivity index (χ1n) is 5.32. The molecule has 0 aromatic heterocycles. The number of ether oxygens (including phenoxy) is 4. The molecule has 6 heteroatoms. The lowest BCUT2D eigenvalue weighted by molar-refractivity contribution is -0.442. The van der Waals surface area contributed by atoms with E-state index in [1.165, 1.54) is 0 Å². The van der Waals surface area contributed by atoms with E-state index in [-0.39, 0.29) is 12.2 Å². The smallest absolute Gasteiger partial charge is 0.220 e. The lowest BCUT2D eigenvalue weighted by Crippen LogP contribution is -2.65. The van der Waals surface area contributed by atoms with Gasteiger partial charge in [-0.25, -0.2) is 0 Å². The maximum absolute atomic E-state index is 5.98. The SMILES string of the molecule is COC1(C)OC(CP)[C@H](CP)O[C@@]1(C)OC. The first-order valence-corrected chi connectivity index (χ1v) is 6.95. The van der Waals surface area contributed by atoms with E-state index in [2.05, 4.69) is 18.5 Å². The Morgan fingerprint density at radius 1 is 0.938 bits per heavy atom. The van der Waals surface area contributed by atoms with Crippen molar-refractivity contribution < 1.29 is 18.9 Å². The third kappa shape index (κ3) is 2.43. The van der Waals surface area contributed by atoms with Crippen molar-refractivity contribution >= 4 is 18.5 Å². The minimum Gasteiger partial charge on any atom is -0.349 e. The average Bonchev–Trinajstić information content (AvgIpc) is 2.31. The quantitative estimate of drug-likeness (QED) is 0.719. The Morgan fingerprint density at radius 3 is 1.44 bits per heavy atom. The lowest BCUT2D eigenvalue weighted by Gasteiger charge is -2.51. The monoisotopic (exact) mass is 268 g/mol. The van der Waals surface area contributed by atoms with Gasteiger partial charge in [0.1, 0.15) is 0 Å². The van der Waals surface area contributed by atoms with Crippen molar-refractivity contribution in [3.8, 4) is 0 Å². The predicted octanol–water partition coefficient (Wildman–Crippen LogP) is 1.25. The Morgan fingerprint density at radius 2 is 1.25 bits per heavy atom. The van der Waals surface area contributed by atoms with Crippen LogP contribution in [0.2, 0.25) is 0 Å². The zero-order valence-corrected chi connectivity index (χ0v) is 12.7. The Hall–Kier alpha value is 0.700. The van der Waals surface area contributed by atoms with Gasteiger partial charge < -0.3 is 18.9 Å². The second kappa shape index (κ2) is 5.56. The van der Waals surface area contributed by atoms with Gasteiger partial charge in [-0.1, -0.05) is 0 Å². The molecule has 0 spiro atoms. The van der Waals surface area contributed by atoms with Crippen molar-refractivity contribution in [1.29, 1.82) is 0 Å². The average molecular weight is 268 g/mol. The van der Waals surface area contributed by atoms with Crippen molar-refractivity contribution in [1.82, 2.24) is 0 Å². The summed E-state index contributed by atoms with van der Waals surface area (Å²) >= 11 is 0. The van der Waals surface area contributed by atoms with E-state index in [0.717, 1.165) is 12.3 Å². The third-order valence-corrected chi connectivity index (χ3v) is 4.17. The molecule has 1 rings (SSSR count). The van der Waals surface area contributed by atoms with Crippen molar-refractivity contribution in [2.75, 3.05) is 26.5 Å². The minimum absolute atomic E-state index is 0.00400. The van der Waals surface area contributed by atoms with Gasteiger partial charge in [-0.05, 0) is 26.2 Å². The number of methoxy groups -OCH3 is 2. The maximum Gasteiger partial charge on any atom is 0.220 e. The highest BCUT2D eigenvalue weighted by atomic mass is 31.0. The molecule has 0 aromatic rings. The van der Waals surface area contributed by atoms with Gasteiger partial charge in [-0.2, -0.15) is 0 Å². The van der Waals surface area contributed by atoms with Crippen molar-refractivity contribution in [3.63, 3.8) is 0 Å². The molecule has 0 bridgehead atoms. The summed E-state index contributed by atoms with van der Waals surface area (Å²) < 4.78 is 22.8. The highest BCUT2D eigenvalue weighted by Crippen LogP contribution is 2.39. The van der Waals surface area contributed by atoms with Crippen LogP contribution in [0.3, 0.4) is 0 Å². The van der Waals surface area contributed by atoms with Crippen molar-refractivity contribution in [2.45, 2.75) is 37.6 Å². The second-order valence-corrected chi connectivity index (χ2v) is 5.03. The molecule has 1 fully saturated rings. The summed E-state index contributed by atoms with van der Waals surface area (Å²) in [6.45, 7) is 3.67. The predicted molar refractivity (Wildman–Crippen MR) is 69.7 cm³/mol. The summed E-state index contributed by atoms with van der Waals surface area (Å²) in [6.07, 6.45) is 1.60. The molecule has 0 radical (unpaired) electrons. The number of hydrogen-bond acceptors (Lipinski definition) is 4. The van der Waals surface area contributed by atoms with Gasteiger partial charge in [-0.15, -0.1) is 18.5 Å². The van der Waals surface area contributed by atoms with E-state index in [4.69, 9.17) is 18.9 Å². The van der Waals surface area contributed by atoms with Crippen molar-refractivity contribution in [2.24, 2.45) is 0 Å². The molecule has 4 nitrogen and oxygen atoms in total. The fourth-order valence-corrected chi connectivity index (χ4v) is 2.61. The van der Waals surface area contributed by atoms with Gasteiger partial charge in [0, 0.05) is 14.2 Å². The van der Waals surface area contributed by atoms with E-state index < -0.39 is 11.6 Å². The van der Waals surface area contributed by atoms with Crippen LogP contribution in [0.25, 0.3) is 0 Å². The first kappa shape index (κ1) is 14.8. The largest absolute Gasteiger partial charge is 0.349 e. The second-order valence-electron chi connectivity index (χ2n) is 4.08. The Labute approximate surface area is 102 Å². The van der Waals surface area contributed by atoms with E-state index in [0.29, 0.717) is 0 Å². The molecule has 0 aliphatic carbocycles. The molecule has 1 heterocycles. The van der Waals surface area contributed by atoms with Crippen LogP contribution in [-0.4, -0.2) is 50.3 Å².